The van der Waals surface area contributed by atoms with Crippen LogP contribution >= 0.6 is 0 Å². The summed E-state index contributed by atoms with van der Waals surface area (Å²) >= 11 is 0. The lowest BCUT2D eigenvalue weighted by atomic mass is 9.72. The number of amides is 2. The van der Waals surface area contributed by atoms with Gasteiger partial charge >= 0.3 is 0 Å². The third kappa shape index (κ3) is 2.30. The summed E-state index contributed by atoms with van der Waals surface area (Å²) in [6.07, 6.45) is 1.47. The van der Waals surface area contributed by atoms with Crippen LogP contribution in [0, 0.1) is 0 Å². The molecule has 2 rings (SSSR count). The maximum absolute atomic E-state index is 12.2. The minimum absolute atomic E-state index is 0.222. The third-order valence-corrected chi connectivity index (χ3v) is 3.65. The van der Waals surface area contributed by atoms with Gasteiger partial charge < -0.3 is 0 Å². The predicted molar refractivity (Wildman–Crippen MR) is 69.6 cm³/mol. The zero-order valence-corrected chi connectivity index (χ0v) is 10.6. The van der Waals surface area contributed by atoms with Gasteiger partial charge in [0.1, 0.15) is 0 Å². The quantitative estimate of drug-likeness (QED) is 0.390. The first kappa shape index (κ1) is 13.1. The number of carbonyl (C=O) groups excluding carboxylic acids is 2. The summed E-state index contributed by atoms with van der Waals surface area (Å²) in [4.78, 5) is 26.1. The van der Waals surface area contributed by atoms with Crippen LogP contribution in [0.4, 0.5) is 5.69 Å². The molecule has 1 heterocycles. The van der Waals surface area contributed by atoms with E-state index < -0.39 is 5.41 Å². The molecule has 1 unspecified atom stereocenters. The number of piperidine rings is 1. The van der Waals surface area contributed by atoms with Crippen LogP contribution in [0.15, 0.2) is 29.4 Å². The zero-order chi connectivity index (χ0) is 13.9. The van der Waals surface area contributed by atoms with Crippen molar-refractivity contribution >= 4 is 17.5 Å². The van der Waals surface area contributed by atoms with Crippen molar-refractivity contribution < 1.29 is 9.59 Å². The summed E-state index contributed by atoms with van der Waals surface area (Å²) in [5.41, 5.74) is 9.05. The Kier molecular flexibility index (Phi) is 3.53. The van der Waals surface area contributed by atoms with Crippen molar-refractivity contribution in [1.82, 2.24) is 5.32 Å². The van der Waals surface area contributed by atoms with Crippen molar-refractivity contribution in [2.75, 3.05) is 0 Å². The monoisotopic (exact) mass is 258 g/mol. The lowest BCUT2D eigenvalue weighted by Crippen LogP contribution is -2.51. The number of imide groups is 1. The number of azide groups is 1. The molecule has 1 fully saturated rings. The fraction of sp³-hybridized carbons (Fsp3) is 0.385. The lowest BCUT2D eigenvalue weighted by Gasteiger charge is -2.34. The molecule has 1 N–H and O–H groups in total. The molecule has 0 bridgehead atoms. The molecule has 1 aromatic rings. The van der Waals surface area contributed by atoms with Gasteiger partial charge in [-0.05, 0) is 23.9 Å². The summed E-state index contributed by atoms with van der Waals surface area (Å²) in [7, 11) is 0. The SMILES string of the molecule is CCC1(c2ccc(N=[N+]=[N-])cc2)CCC(=O)NC1=O. The molecule has 1 aliphatic heterocycles. The highest BCUT2D eigenvalue weighted by Gasteiger charge is 2.42. The van der Waals surface area contributed by atoms with Gasteiger partial charge in [-0.15, -0.1) is 0 Å². The summed E-state index contributed by atoms with van der Waals surface area (Å²) < 4.78 is 0. The first-order chi connectivity index (χ1) is 9.12. The predicted octanol–water partition coefficient (Wildman–Crippen LogP) is 2.71. The van der Waals surface area contributed by atoms with Gasteiger partial charge in [-0.2, -0.15) is 0 Å². The summed E-state index contributed by atoms with van der Waals surface area (Å²) in [5, 5.41) is 5.90. The number of hydrogen-bond donors (Lipinski definition) is 1. The molecule has 0 aliphatic carbocycles. The van der Waals surface area contributed by atoms with Crippen molar-refractivity contribution in [3.05, 3.63) is 40.3 Å². The number of hydrogen-bond acceptors (Lipinski definition) is 3. The average molecular weight is 258 g/mol. The van der Waals surface area contributed by atoms with E-state index in [4.69, 9.17) is 5.53 Å². The Labute approximate surface area is 110 Å². The van der Waals surface area contributed by atoms with E-state index in [0.29, 0.717) is 24.9 Å². The second-order valence-electron chi connectivity index (χ2n) is 4.55. The normalized spacial score (nSPS) is 22.6. The molecule has 2 amide bonds. The van der Waals surface area contributed by atoms with E-state index in [0.717, 1.165) is 5.56 Å². The van der Waals surface area contributed by atoms with E-state index in [-0.39, 0.29) is 11.8 Å². The van der Waals surface area contributed by atoms with Crippen molar-refractivity contribution in [3.63, 3.8) is 0 Å². The Balaban J connectivity index is 2.38. The number of nitrogens with one attached hydrogen (secondary N) is 1. The second-order valence-corrected chi connectivity index (χ2v) is 4.55. The van der Waals surface area contributed by atoms with Crippen LogP contribution in [-0.4, -0.2) is 11.8 Å². The Hall–Kier alpha value is -2.33. The van der Waals surface area contributed by atoms with Crippen LogP contribution in [0.5, 0.6) is 0 Å². The molecule has 1 aliphatic rings. The number of benzene rings is 1. The highest BCUT2D eigenvalue weighted by atomic mass is 16.2. The van der Waals surface area contributed by atoms with Crippen LogP contribution in [0.1, 0.15) is 31.7 Å². The van der Waals surface area contributed by atoms with Crippen LogP contribution in [0.3, 0.4) is 0 Å². The fourth-order valence-electron chi connectivity index (χ4n) is 2.46. The Morgan fingerprint density at radius 3 is 2.58 bits per heavy atom. The van der Waals surface area contributed by atoms with E-state index in [1.165, 1.54) is 0 Å². The minimum Gasteiger partial charge on any atom is -0.296 e. The second kappa shape index (κ2) is 5.12. The van der Waals surface area contributed by atoms with Gasteiger partial charge in [0.05, 0.1) is 5.41 Å². The highest BCUT2D eigenvalue weighted by molar-refractivity contribution is 6.03. The van der Waals surface area contributed by atoms with Crippen molar-refractivity contribution in [1.29, 1.82) is 0 Å². The minimum atomic E-state index is -0.664. The topological polar surface area (TPSA) is 94.9 Å². The van der Waals surface area contributed by atoms with Crippen LogP contribution in [-0.2, 0) is 15.0 Å². The summed E-state index contributed by atoms with van der Waals surface area (Å²) in [6.45, 7) is 1.93. The molecular formula is C13H14N4O2. The lowest BCUT2D eigenvalue weighted by molar-refractivity contribution is -0.138. The number of rotatable bonds is 3. The van der Waals surface area contributed by atoms with Gasteiger partial charge in [0.25, 0.3) is 0 Å². The average Bonchev–Trinajstić information content (AvgIpc) is 2.41. The largest absolute Gasteiger partial charge is 0.296 e. The van der Waals surface area contributed by atoms with Gasteiger partial charge in [0, 0.05) is 17.0 Å². The highest BCUT2D eigenvalue weighted by Crippen LogP contribution is 2.36. The zero-order valence-electron chi connectivity index (χ0n) is 10.6. The standard InChI is InChI=1S/C13H14N4O2/c1-2-13(8-7-11(18)15-12(13)19)9-3-5-10(6-4-9)16-17-14/h3-6H,2,7-8H2,1H3,(H,15,18,19). The Morgan fingerprint density at radius 2 is 2.05 bits per heavy atom. The molecule has 1 atom stereocenters. The van der Waals surface area contributed by atoms with E-state index in [1.807, 2.05) is 6.92 Å². The van der Waals surface area contributed by atoms with Gasteiger partial charge in [0.2, 0.25) is 11.8 Å². The molecule has 0 spiro atoms. The van der Waals surface area contributed by atoms with Crippen molar-refractivity contribution in [3.8, 4) is 0 Å². The maximum Gasteiger partial charge on any atom is 0.237 e. The first-order valence-electron chi connectivity index (χ1n) is 6.12. The van der Waals surface area contributed by atoms with Gasteiger partial charge in [-0.3, -0.25) is 14.9 Å². The van der Waals surface area contributed by atoms with Crippen molar-refractivity contribution in [2.24, 2.45) is 5.11 Å². The fourth-order valence-corrected chi connectivity index (χ4v) is 2.46. The molecule has 0 saturated carbocycles. The Morgan fingerprint density at radius 1 is 1.37 bits per heavy atom. The Bertz CT molecular complexity index is 561. The summed E-state index contributed by atoms with van der Waals surface area (Å²) in [5.74, 6) is -0.470. The van der Waals surface area contributed by atoms with Crippen LogP contribution < -0.4 is 5.32 Å². The van der Waals surface area contributed by atoms with E-state index >= 15 is 0 Å². The molecule has 6 nitrogen and oxygen atoms in total. The number of carbonyl (C=O) groups is 2. The molecule has 19 heavy (non-hydrogen) atoms. The van der Waals surface area contributed by atoms with Crippen LogP contribution in [0.2, 0.25) is 0 Å². The third-order valence-electron chi connectivity index (χ3n) is 3.65. The smallest absolute Gasteiger partial charge is 0.237 e. The van der Waals surface area contributed by atoms with E-state index in [2.05, 4.69) is 15.3 Å². The molecule has 98 valence electrons. The molecule has 1 aromatic carbocycles. The number of nitrogens with zero attached hydrogens (tertiary/aromatic N) is 3. The van der Waals surface area contributed by atoms with Gasteiger partial charge in [-0.25, -0.2) is 0 Å². The summed E-state index contributed by atoms with van der Waals surface area (Å²) in [6, 6.07) is 6.91. The van der Waals surface area contributed by atoms with Crippen LogP contribution in [0.25, 0.3) is 10.4 Å². The maximum atomic E-state index is 12.2. The first-order valence-corrected chi connectivity index (χ1v) is 6.12. The van der Waals surface area contributed by atoms with Crippen molar-refractivity contribution in [2.45, 2.75) is 31.6 Å². The van der Waals surface area contributed by atoms with E-state index in [1.54, 1.807) is 24.3 Å². The molecular weight excluding hydrogens is 244 g/mol. The molecule has 6 heteroatoms. The van der Waals surface area contributed by atoms with E-state index in [9.17, 15) is 9.59 Å². The molecule has 0 aromatic heterocycles. The van der Waals surface area contributed by atoms with Gasteiger partial charge in [0.15, 0.2) is 0 Å². The van der Waals surface area contributed by atoms with Gasteiger partial charge in [-0.1, -0.05) is 36.3 Å². The molecule has 0 radical (unpaired) electrons. The molecule has 1 saturated heterocycles.